The van der Waals surface area contributed by atoms with Crippen LogP contribution in [0.1, 0.15) is 75.5 Å². The van der Waals surface area contributed by atoms with Crippen molar-refractivity contribution >= 4 is 22.8 Å². The van der Waals surface area contributed by atoms with E-state index in [1.165, 1.54) is 19.1 Å². The number of aromatic carboxylic acids is 1. The summed E-state index contributed by atoms with van der Waals surface area (Å²) in [4.78, 5) is 35.0. The summed E-state index contributed by atoms with van der Waals surface area (Å²) in [5.41, 5.74) is 1.61. The van der Waals surface area contributed by atoms with Gasteiger partial charge in [-0.05, 0) is 69.6 Å². The molecule has 2 aromatic heterocycles. The number of carbonyl (C=O) groups excluding carboxylic acids is 1. The summed E-state index contributed by atoms with van der Waals surface area (Å²) in [6, 6.07) is 13.8. The van der Waals surface area contributed by atoms with Crippen LogP contribution in [0.25, 0.3) is 11.0 Å². The van der Waals surface area contributed by atoms with Gasteiger partial charge in [-0.1, -0.05) is 18.2 Å². The minimum absolute atomic E-state index is 0.00510. The number of carboxylic acids is 1. The predicted molar refractivity (Wildman–Crippen MR) is 158 cm³/mol. The summed E-state index contributed by atoms with van der Waals surface area (Å²) in [6.45, 7) is 4.43. The van der Waals surface area contributed by atoms with Crippen molar-refractivity contribution in [1.29, 1.82) is 0 Å². The van der Waals surface area contributed by atoms with Crippen LogP contribution in [0.2, 0.25) is 0 Å². The monoisotopic (exact) mass is 622 g/mol. The average molecular weight is 623 g/mol. The molecule has 45 heavy (non-hydrogen) atoms. The van der Waals surface area contributed by atoms with Crippen molar-refractivity contribution in [3.05, 3.63) is 88.4 Å². The van der Waals surface area contributed by atoms with Crippen molar-refractivity contribution in [3.8, 4) is 5.88 Å². The number of likely N-dealkylation sites (tertiary alicyclic amines) is 1. The van der Waals surface area contributed by atoms with Crippen molar-refractivity contribution in [1.82, 2.24) is 19.4 Å². The zero-order valence-corrected chi connectivity index (χ0v) is 24.7. The lowest BCUT2D eigenvalue weighted by Crippen LogP contribution is -2.35. The molecule has 2 saturated heterocycles. The van der Waals surface area contributed by atoms with Crippen molar-refractivity contribution < 1.29 is 37.3 Å². The van der Waals surface area contributed by atoms with Crippen LogP contribution in [0.4, 0.5) is 13.2 Å². The van der Waals surface area contributed by atoms with E-state index >= 15 is 0 Å². The average Bonchev–Trinajstić information content (AvgIpc) is 3.33. The van der Waals surface area contributed by atoms with Crippen LogP contribution >= 0.6 is 0 Å². The van der Waals surface area contributed by atoms with Crippen LogP contribution in [-0.4, -0.2) is 62.1 Å². The number of aromatic nitrogens is 3. The smallest absolute Gasteiger partial charge is 0.416 e. The van der Waals surface area contributed by atoms with E-state index in [1.54, 1.807) is 30.3 Å². The minimum atomic E-state index is -4.62. The van der Waals surface area contributed by atoms with E-state index in [0.29, 0.717) is 13.1 Å². The van der Waals surface area contributed by atoms with Gasteiger partial charge in [-0.15, -0.1) is 0 Å². The summed E-state index contributed by atoms with van der Waals surface area (Å²) in [7, 11) is 0. The van der Waals surface area contributed by atoms with Crippen LogP contribution in [0, 0.1) is 0 Å². The molecule has 4 heterocycles. The minimum Gasteiger partial charge on any atom is -0.478 e. The van der Waals surface area contributed by atoms with E-state index in [1.807, 2.05) is 6.07 Å². The van der Waals surface area contributed by atoms with Crippen molar-refractivity contribution in [2.45, 2.75) is 64.1 Å². The molecule has 1 atom stereocenters. The molecule has 6 rings (SSSR count). The van der Waals surface area contributed by atoms with E-state index < -0.39 is 23.5 Å². The molecule has 1 N–H and O–H groups in total. The van der Waals surface area contributed by atoms with Crippen molar-refractivity contribution in [2.75, 3.05) is 19.7 Å². The number of ether oxygens (including phenoxy) is 2. The number of halogens is 3. The third kappa shape index (κ3) is 6.86. The second kappa shape index (κ2) is 12.6. The summed E-state index contributed by atoms with van der Waals surface area (Å²) in [6.07, 6.45) is -1.92. The Hall–Kier alpha value is -4.29. The number of Topliss-reactive ketones (excluding diaryl/α,β-unsaturated/α-hetero) is 1. The zero-order chi connectivity index (χ0) is 31.7. The quantitative estimate of drug-likeness (QED) is 0.212. The molecule has 9 nitrogen and oxygen atoms in total. The van der Waals surface area contributed by atoms with Gasteiger partial charge in [0.1, 0.15) is 12.4 Å². The maximum Gasteiger partial charge on any atom is 0.416 e. The summed E-state index contributed by atoms with van der Waals surface area (Å²) >= 11 is 0. The molecule has 2 fully saturated rings. The number of piperidine rings is 1. The molecule has 2 aromatic carbocycles. The number of rotatable bonds is 10. The van der Waals surface area contributed by atoms with Gasteiger partial charge in [0.05, 0.1) is 41.4 Å². The molecule has 236 valence electrons. The van der Waals surface area contributed by atoms with Crippen LogP contribution in [0.5, 0.6) is 5.88 Å². The fraction of sp³-hybridized carbons (Fsp3) is 0.394. The molecule has 2 aliphatic heterocycles. The zero-order valence-electron chi connectivity index (χ0n) is 24.7. The van der Waals surface area contributed by atoms with E-state index in [2.05, 4.69) is 14.5 Å². The van der Waals surface area contributed by atoms with Crippen LogP contribution < -0.4 is 4.74 Å². The van der Waals surface area contributed by atoms with Gasteiger partial charge < -0.3 is 19.1 Å². The second-order valence-corrected chi connectivity index (χ2v) is 11.6. The van der Waals surface area contributed by atoms with Crippen LogP contribution in [-0.2, 0) is 30.6 Å². The number of carbonyl (C=O) groups is 2. The number of hydrogen-bond acceptors (Lipinski definition) is 7. The van der Waals surface area contributed by atoms with Gasteiger partial charge in [0, 0.05) is 35.4 Å². The summed E-state index contributed by atoms with van der Waals surface area (Å²) in [5.74, 6) is -0.156. The first-order valence-corrected chi connectivity index (χ1v) is 14.9. The van der Waals surface area contributed by atoms with Gasteiger partial charge in [0.25, 0.3) is 0 Å². The van der Waals surface area contributed by atoms with Crippen LogP contribution in [0.15, 0.2) is 54.6 Å². The molecule has 0 aliphatic carbocycles. The highest BCUT2D eigenvalue weighted by atomic mass is 19.4. The lowest BCUT2D eigenvalue weighted by atomic mass is 9.93. The highest BCUT2D eigenvalue weighted by Gasteiger charge is 2.34. The standard InChI is InChI=1S/C33H33F3N4O5/c1-20(41)22-5-6-24(26(15-22)33(34,35)36)19-45-31-4-2-3-27(38-31)21-9-12-39(13-10-21)18-30-37-28-8-7-23(32(42)43)16-29(28)40(30)17-25-11-14-44-25/h2-8,15-16,21,25H,9-14,17-19H2,1H3,(H,42,43)/t25-/m0/s1. The van der Waals surface area contributed by atoms with Crippen molar-refractivity contribution in [2.24, 2.45) is 0 Å². The fourth-order valence-corrected chi connectivity index (χ4v) is 5.92. The van der Waals surface area contributed by atoms with Crippen LogP contribution in [0.3, 0.4) is 0 Å². The Morgan fingerprint density at radius 2 is 1.78 bits per heavy atom. The van der Waals surface area contributed by atoms with E-state index in [4.69, 9.17) is 14.5 Å². The van der Waals surface area contributed by atoms with Gasteiger partial charge in [0.15, 0.2) is 5.78 Å². The maximum absolute atomic E-state index is 13.7. The number of carboxylic acid groups (broad SMARTS) is 1. The summed E-state index contributed by atoms with van der Waals surface area (Å²) in [5, 5.41) is 9.50. The molecular weight excluding hydrogens is 589 g/mol. The third-order valence-corrected chi connectivity index (χ3v) is 8.57. The first kappa shape index (κ1) is 30.7. The molecular formula is C33H33F3N4O5. The van der Waals surface area contributed by atoms with Gasteiger partial charge in [-0.3, -0.25) is 9.69 Å². The van der Waals surface area contributed by atoms with E-state index in [9.17, 15) is 27.9 Å². The number of alkyl halides is 3. The van der Waals surface area contributed by atoms with Crippen molar-refractivity contribution in [3.63, 3.8) is 0 Å². The Labute approximate surface area is 257 Å². The molecule has 0 bridgehead atoms. The number of nitrogens with zero attached hydrogens (tertiary/aromatic N) is 4. The number of fused-ring (bicyclic) bond motifs is 1. The Bertz CT molecular complexity index is 1730. The molecule has 0 saturated carbocycles. The number of benzene rings is 2. The summed E-state index contributed by atoms with van der Waals surface area (Å²) < 4.78 is 54.5. The second-order valence-electron chi connectivity index (χ2n) is 11.6. The number of pyridine rings is 1. The number of hydrogen-bond donors (Lipinski definition) is 1. The SMILES string of the molecule is CC(=O)c1ccc(COc2cccc(C3CCN(Cc4nc5ccc(C(=O)O)cc5n4C[C@@H]4CCO4)CC3)n2)c(C(F)(F)F)c1. The highest BCUT2D eigenvalue weighted by molar-refractivity contribution is 5.94. The molecule has 0 spiro atoms. The van der Waals surface area contributed by atoms with Gasteiger partial charge in [-0.25, -0.2) is 14.8 Å². The third-order valence-electron chi connectivity index (χ3n) is 8.57. The van der Waals surface area contributed by atoms with E-state index in [-0.39, 0.29) is 41.2 Å². The van der Waals surface area contributed by atoms with Gasteiger partial charge in [0.2, 0.25) is 5.88 Å². The Morgan fingerprint density at radius 1 is 1.02 bits per heavy atom. The fourth-order valence-electron chi connectivity index (χ4n) is 5.92. The van der Waals surface area contributed by atoms with E-state index in [0.717, 1.165) is 67.6 Å². The lowest BCUT2D eigenvalue weighted by molar-refractivity contribution is -0.138. The molecule has 12 heteroatoms. The normalized spacial score (nSPS) is 17.7. The predicted octanol–water partition coefficient (Wildman–Crippen LogP) is 6.10. The lowest BCUT2D eigenvalue weighted by Gasteiger charge is -2.32. The Balaban J connectivity index is 1.11. The highest BCUT2D eigenvalue weighted by Crippen LogP contribution is 2.34. The molecule has 4 aromatic rings. The van der Waals surface area contributed by atoms with Gasteiger partial charge in [-0.2, -0.15) is 13.2 Å². The number of ketones is 1. The van der Waals surface area contributed by atoms with Gasteiger partial charge >= 0.3 is 12.1 Å². The first-order chi connectivity index (χ1) is 21.5. The molecule has 0 unspecified atom stereocenters. The Kier molecular flexibility index (Phi) is 8.61. The Morgan fingerprint density at radius 3 is 2.44 bits per heavy atom. The topological polar surface area (TPSA) is 107 Å². The number of imidazole rings is 1. The molecule has 0 radical (unpaired) electrons. The first-order valence-electron chi connectivity index (χ1n) is 14.9. The largest absolute Gasteiger partial charge is 0.478 e. The molecule has 0 amide bonds. The molecule has 2 aliphatic rings. The maximum atomic E-state index is 13.7.